The van der Waals surface area contributed by atoms with Crippen LogP contribution in [0.1, 0.15) is 41.8 Å². The van der Waals surface area contributed by atoms with Gasteiger partial charge in [-0.3, -0.25) is 9.59 Å². The number of ether oxygens (including phenoxy) is 1. The molecule has 2 aliphatic rings. The van der Waals surface area contributed by atoms with Crippen molar-refractivity contribution in [3.05, 3.63) is 65.2 Å². The Morgan fingerprint density at radius 1 is 1.16 bits per heavy atom. The molecule has 0 bridgehead atoms. The molecule has 1 atom stereocenters. The van der Waals surface area contributed by atoms with Gasteiger partial charge in [0.05, 0.1) is 24.8 Å². The predicted octanol–water partition coefficient (Wildman–Crippen LogP) is 4.13. The minimum Gasteiger partial charge on any atom is -0.466 e. The first kappa shape index (κ1) is 21.8. The van der Waals surface area contributed by atoms with E-state index >= 15 is 0 Å². The molecular formula is C25H29ClN2O3. The SMILES string of the molecule is CCOC(=O)Cc1ccc2c(c1)N(C1CCN(CC(Cl)c3ccccc3)CC1)C(=O)C2. The van der Waals surface area contributed by atoms with Crippen molar-refractivity contribution in [3.63, 3.8) is 0 Å². The van der Waals surface area contributed by atoms with Crippen LogP contribution in [0.5, 0.6) is 0 Å². The van der Waals surface area contributed by atoms with Crippen LogP contribution < -0.4 is 4.90 Å². The number of benzene rings is 2. The summed E-state index contributed by atoms with van der Waals surface area (Å²) in [6, 6.07) is 16.3. The topological polar surface area (TPSA) is 49.9 Å². The number of hydrogen-bond acceptors (Lipinski definition) is 4. The third-order valence-electron chi connectivity index (χ3n) is 6.18. The minimum absolute atomic E-state index is 0.0303. The number of esters is 1. The lowest BCUT2D eigenvalue weighted by atomic mass is 10.0. The molecule has 1 saturated heterocycles. The molecule has 0 radical (unpaired) electrons. The Balaban J connectivity index is 1.39. The van der Waals surface area contributed by atoms with Crippen molar-refractivity contribution in [3.8, 4) is 0 Å². The third kappa shape index (κ3) is 5.10. The Hall–Kier alpha value is -2.37. The van der Waals surface area contributed by atoms with E-state index in [9.17, 15) is 9.59 Å². The van der Waals surface area contributed by atoms with Crippen molar-refractivity contribution in [2.24, 2.45) is 0 Å². The van der Waals surface area contributed by atoms with E-state index in [2.05, 4.69) is 17.0 Å². The molecule has 0 spiro atoms. The second kappa shape index (κ2) is 9.84. The van der Waals surface area contributed by atoms with Crippen molar-refractivity contribution in [2.45, 2.75) is 44.0 Å². The number of amides is 1. The summed E-state index contributed by atoms with van der Waals surface area (Å²) in [6.07, 6.45) is 2.52. The summed E-state index contributed by atoms with van der Waals surface area (Å²) < 4.78 is 5.07. The van der Waals surface area contributed by atoms with Crippen LogP contribution in [0.2, 0.25) is 0 Å². The molecule has 0 N–H and O–H groups in total. The van der Waals surface area contributed by atoms with Crippen molar-refractivity contribution >= 4 is 29.2 Å². The van der Waals surface area contributed by atoms with E-state index in [0.29, 0.717) is 13.0 Å². The highest BCUT2D eigenvalue weighted by Crippen LogP contribution is 2.35. The fourth-order valence-corrected chi connectivity index (χ4v) is 4.95. The Kier molecular flexibility index (Phi) is 6.93. The average Bonchev–Trinajstić information content (AvgIpc) is 3.10. The summed E-state index contributed by atoms with van der Waals surface area (Å²) in [7, 11) is 0. The molecule has 5 nitrogen and oxygen atoms in total. The summed E-state index contributed by atoms with van der Waals surface area (Å²) in [4.78, 5) is 29.0. The first-order valence-electron chi connectivity index (χ1n) is 11.1. The normalized spacial score (nSPS) is 18.1. The van der Waals surface area contributed by atoms with Gasteiger partial charge in [-0.2, -0.15) is 0 Å². The Bertz CT molecular complexity index is 926. The van der Waals surface area contributed by atoms with Gasteiger partial charge in [0, 0.05) is 31.4 Å². The molecular weight excluding hydrogens is 412 g/mol. The number of likely N-dealkylation sites (tertiary alicyclic amines) is 1. The molecule has 0 aromatic heterocycles. The smallest absolute Gasteiger partial charge is 0.310 e. The highest BCUT2D eigenvalue weighted by Gasteiger charge is 2.35. The molecule has 4 rings (SSSR count). The van der Waals surface area contributed by atoms with Crippen LogP contribution in [0.4, 0.5) is 5.69 Å². The van der Waals surface area contributed by atoms with Crippen molar-refractivity contribution in [2.75, 3.05) is 31.1 Å². The summed E-state index contributed by atoms with van der Waals surface area (Å²) in [6.45, 7) is 4.83. The standard InChI is InChI=1S/C25H29ClN2O3/c1-2-31-25(30)15-18-8-9-20-16-24(29)28(23(20)14-18)21-10-12-27(13-11-21)17-22(26)19-6-4-3-5-7-19/h3-9,14,21-22H,2,10-13,15-17H2,1H3. The van der Waals surface area contributed by atoms with E-state index in [1.54, 1.807) is 6.92 Å². The predicted molar refractivity (Wildman–Crippen MR) is 122 cm³/mol. The molecule has 1 unspecified atom stereocenters. The zero-order valence-electron chi connectivity index (χ0n) is 17.9. The maximum Gasteiger partial charge on any atom is 0.310 e. The first-order chi connectivity index (χ1) is 15.0. The number of halogens is 1. The number of rotatable bonds is 7. The largest absolute Gasteiger partial charge is 0.466 e. The van der Waals surface area contributed by atoms with Crippen LogP contribution in [0.15, 0.2) is 48.5 Å². The van der Waals surface area contributed by atoms with Crippen LogP contribution in [-0.2, 0) is 27.2 Å². The summed E-state index contributed by atoms with van der Waals surface area (Å²) in [5, 5.41) is -0.0303. The molecule has 1 amide bonds. The molecule has 2 aliphatic heterocycles. The van der Waals surface area contributed by atoms with Gasteiger partial charge in [-0.1, -0.05) is 42.5 Å². The van der Waals surface area contributed by atoms with Crippen LogP contribution in [-0.4, -0.2) is 49.1 Å². The number of nitrogens with zero attached hydrogens (tertiary/aromatic N) is 2. The molecule has 1 fully saturated rings. The number of alkyl halides is 1. The first-order valence-corrected chi connectivity index (χ1v) is 11.5. The summed E-state index contributed by atoms with van der Waals surface area (Å²) in [5.41, 5.74) is 4.04. The van der Waals surface area contributed by atoms with Crippen LogP contribution in [0.3, 0.4) is 0 Å². The number of carbonyl (C=O) groups is 2. The highest BCUT2D eigenvalue weighted by molar-refractivity contribution is 6.21. The number of carbonyl (C=O) groups excluding carboxylic acids is 2. The van der Waals surface area contributed by atoms with E-state index in [1.165, 1.54) is 0 Å². The molecule has 6 heteroatoms. The van der Waals surface area contributed by atoms with Gasteiger partial charge in [0.15, 0.2) is 0 Å². The number of piperidine rings is 1. The molecule has 2 aromatic rings. The second-order valence-electron chi connectivity index (χ2n) is 8.30. The van der Waals surface area contributed by atoms with Crippen molar-refractivity contribution in [1.29, 1.82) is 0 Å². The number of anilines is 1. The molecule has 0 aliphatic carbocycles. The zero-order chi connectivity index (χ0) is 21.8. The van der Waals surface area contributed by atoms with Gasteiger partial charge in [0.25, 0.3) is 0 Å². The number of fused-ring (bicyclic) bond motifs is 1. The Labute approximate surface area is 188 Å². The molecule has 2 heterocycles. The second-order valence-corrected chi connectivity index (χ2v) is 8.82. The van der Waals surface area contributed by atoms with Gasteiger partial charge in [-0.15, -0.1) is 11.6 Å². The zero-order valence-corrected chi connectivity index (χ0v) is 18.7. The van der Waals surface area contributed by atoms with Crippen molar-refractivity contribution in [1.82, 2.24) is 4.90 Å². The van der Waals surface area contributed by atoms with Gasteiger partial charge in [-0.25, -0.2) is 0 Å². The maximum atomic E-state index is 12.8. The van der Waals surface area contributed by atoms with E-state index in [4.69, 9.17) is 16.3 Å². The van der Waals surface area contributed by atoms with Gasteiger partial charge < -0.3 is 14.5 Å². The lowest BCUT2D eigenvalue weighted by Crippen LogP contribution is -2.46. The van der Waals surface area contributed by atoms with Gasteiger partial charge >= 0.3 is 5.97 Å². The van der Waals surface area contributed by atoms with E-state index < -0.39 is 0 Å². The van der Waals surface area contributed by atoms with Crippen LogP contribution in [0, 0.1) is 0 Å². The van der Waals surface area contributed by atoms with E-state index in [1.807, 2.05) is 41.3 Å². The van der Waals surface area contributed by atoms with Crippen LogP contribution >= 0.6 is 11.6 Å². The summed E-state index contributed by atoms with van der Waals surface area (Å²) >= 11 is 6.63. The lowest BCUT2D eigenvalue weighted by molar-refractivity contribution is -0.142. The lowest BCUT2D eigenvalue weighted by Gasteiger charge is -2.37. The van der Waals surface area contributed by atoms with E-state index in [-0.39, 0.29) is 29.7 Å². The molecule has 0 saturated carbocycles. The fourth-order valence-electron chi connectivity index (χ4n) is 4.61. The third-order valence-corrected chi connectivity index (χ3v) is 6.57. The molecule has 31 heavy (non-hydrogen) atoms. The Morgan fingerprint density at radius 2 is 1.90 bits per heavy atom. The summed E-state index contributed by atoms with van der Waals surface area (Å²) in [5.74, 6) is -0.0816. The van der Waals surface area contributed by atoms with Crippen molar-refractivity contribution < 1.29 is 14.3 Å². The van der Waals surface area contributed by atoms with Gasteiger partial charge in [0.2, 0.25) is 5.91 Å². The van der Waals surface area contributed by atoms with Gasteiger partial charge in [-0.05, 0) is 42.5 Å². The van der Waals surface area contributed by atoms with Gasteiger partial charge in [0.1, 0.15) is 0 Å². The fraction of sp³-hybridized carbons (Fsp3) is 0.440. The molecule has 164 valence electrons. The number of hydrogen-bond donors (Lipinski definition) is 0. The minimum atomic E-state index is -0.235. The quantitative estimate of drug-likeness (QED) is 0.480. The Morgan fingerprint density at radius 3 is 2.61 bits per heavy atom. The van der Waals surface area contributed by atoms with E-state index in [0.717, 1.165) is 54.9 Å². The average molecular weight is 441 g/mol. The van der Waals surface area contributed by atoms with Crippen LogP contribution in [0.25, 0.3) is 0 Å². The maximum absolute atomic E-state index is 12.8. The highest BCUT2D eigenvalue weighted by atomic mass is 35.5. The monoisotopic (exact) mass is 440 g/mol. The molecule has 2 aromatic carbocycles.